The highest BCUT2D eigenvalue weighted by molar-refractivity contribution is 5.88. The monoisotopic (exact) mass is 386 g/mol. The number of carbonyl (C=O) groups is 1. The minimum atomic E-state index is -0.371. The normalized spacial score (nSPS) is 11.4. The number of carbonyl (C=O) groups excluding carboxylic acids is 1. The fraction of sp³-hybridized carbons (Fsp3) is 0.174. The van der Waals surface area contributed by atoms with Crippen LogP contribution in [0.3, 0.4) is 0 Å². The molecule has 4 rings (SSSR count). The summed E-state index contributed by atoms with van der Waals surface area (Å²) >= 11 is 0. The number of nitrogens with zero attached hydrogens (tertiary/aromatic N) is 4. The van der Waals surface area contributed by atoms with Gasteiger partial charge in [-0.05, 0) is 43.7 Å². The topological polar surface area (TPSA) is 61.9 Å². The van der Waals surface area contributed by atoms with E-state index in [2.05, 4.69) is 17.1 Å². The Morgan fingerprint density at radius 3 is 2.76 bits per heavy atom. The molecule has 0 fully saturated rings. The molecular weight excluding hydrogens is 364 g/mol. The average molecular weight is 386 g/mol. The second kappa shape index (κ2) is 8.14. The lowest BCUT2D eigenvalue weighted by molar-refractivity contribution is -0.137. The molecule has 1 aromatic carbocycles. The molecule has 0 atom stereocenters. The Morgan fingerprint density at radius 2 is 1.97 bits per heavy atom. The molecule has 0 aliphatic heterocycles. The molecule has 0 spiro atoms. The first-order chi connectivity index (χ1) is 14.2. The third-order valence-electron chi connectivity index (χ3n) is 4.67. The van der Waals surface area contributed by atoms with Crippen molar-refractivity contribution in [3.63, 3.8) is 0 Å². The van der Waals surface area contributed by atoms with Crippen molar-refractivity contribution >= 4 is 23.1 Å². The summed E-state index contributed by atoms with van der Waals surface area (Å²) in [6, 6.07) is 16.1. The van der Waals surface area contributed by atoms with Crippen molar-refractivity contribution in [1.82, 2.24) is 19.3 Å². The number of pyridine rings is 1. The molecule has 3 heterocycles. The molecule has 0 saturated carbocycles. The van der Waals surface area contributed by atoms with Gasteiger partial charge in [-0.3, -0.25) is 4.57 Å². The summed E-state index contributed by atoms with van der Waals surface area (Å²) in [6.07, 6.45) is 6.98. The minimum Gasteiger partial charge on any atom is -0.463 e. The highest BCUT2D eigenvalue weighted by Crippen LogP contribution is 2.25. The molecule has 6 nitrogen and oxygen atoms in total. The summed E-state index contributed by atoms with van der Waals surface area (Å²) in [5, 5.41) is 5.80. The van der Waals surface area contributed by atoms with Gasteiger partial charge in [0.05, 0.1) is 18.8 Å². The van der Waals surface area contributed by atoms with Crippen molar-refractivity contribution in [3.05, 3.63) is 83.8 Å². The Balaban J connectivity index is 1.86. The van der Waals surface area contributed by atoms with Crippen LogP contribution in [0.25, 0.3) is 22.9 Å². The third kappa shape index (κ3) is 3.82. The maximum absolute atomic E-state index is 11.9. The van der Waals surface area contributed by atoms with E-state index in [1.807, 2.05) is 58.8 Å². The molecule has 0 unspecified atom stereocenters. The van der Waals surface area contributed by atoms with Gasteiger partial charge in [-0.15, -0.1) is 0 Å². The van der Waals surface area contributed by atoms with Gasteiger partial charge in [0.1, 0.15) is 11.5 Å². The predicted molar refractivity (Wildman–Crippen MR) is 113 cm³/mol. The number of aromatic nitrogens is 4. The highest BCUT2D eigenvalue weighted by atomic mass is 16.5. The van der Waals surface area contributed by atoms with Crippen molar-refractivity contribution in [2.75, 3.05) is 6.61 Å². The Bertz CT molecular complexity index is 1170. The number of fused-ring (bicyclic) bond motifs is 1. The zero-order chi connectivity index (χ0) is 20.2. The SMILES string of the molecule is CCOC(=O)C=Cc1c(C)nn(Cc2ccccc2)c1-n1ccc2cccnc21. The minimum absolute atomic E-state index is 0.342. The molecule has 6 heteroatoms. The highest BCUT2D eigenvalue weighted by Gasteiger charge is 2.18. The van der Waals surface area contributed by atoms with Crippen molar-refractivity contribution in [2.45, 2.75) is 20.4 Å². The van der Waals surface area contributed by atoms with E-state index in [-0.39, 0.29) is 5.97 Å². The van der Waals surface area contributed by atoms with Crippen LogP contribution in [0.4, 0.5) is 0 Å². The van der Waals surface area contributed by atoms with Gasteiger partial charge < -0.3 is 4.74 Å². The lowest BCUT2D eigenvalue weighted by Crippen LogP contribution is -2.09. The Labute approximate surface area is 169 Å². The van der Waals surface area contributed by atoms with Gasteiger partial charge in [0, 0.05) is 29.4 Å². The van der Waals surface area contributed by atoms with E-state index >= 15 is 0 Å². The molecule has 0 radical (unpaired) electrons. The molecule has 0 N–H and O–H groups in total. The predicted octanol–water partition coefficient (Wildman–Crippen LogP) is 4.16. The van der Waals surface area contributed by atoms with E-state index in [1.165, 1.54) is 6.08 Å². The zero-order valence-electron chi connectivity index (χ0n) is 16.4. The van der Waals surface area contributed by atoms with Gasteiger partial charge in [-0.25, -0.2) is 14.5 Å². The summed E-state index contributed by atoms with van der Waals surface area (Å²) in [7, 11) is 0. The standard InChI is InChI=1S/C23H22N4O2/c1-3-29-21(28)12-11-20-17(2)25-27(16-18-8-5-4-6-9-18)23(20)26-15-13-19-10-7-14-24-22(19)26/h4-15H,3,16H2,1-2H3. The lowest BCUT2D eigenvalue weighted by Gasteiger charge is -2.11. The van der Waals surface area contributed by atoms with Crippen LogP contribution in [-0.2, 0) is 16.1 Å². The summed E-state index contributed by atoms with van der Waals surface area (Å²) in [4.78, 5) is 16.4. The van der Waals surface area contributed by atoms with Gasteiger partial charge >= 0.3 is 5.97 Å². The van der Waals surface area contributed by atoms with Crippen LogP contribution in [0, 0.1) is 6.92 Å². The summed E-state index contributed by atoms with van der Waals surface area (Å²) in [6.45, 7) is 4.68. The third-order valence-corrected chi connectivity index (χ3v) is 4.67. The van der Waals surface area contributed by atoms with Gasteiger partial charge in [0.2, 0.25) is 0 Å². The lowest BCUT2D eigenvalue weighted by atomic mass is 10.2. The molecule has 4 aromatic rings. The number of esters is 1. The second-order valence-corrected chi connectivity index (χ2v) is 6.65. The summed E-state index contributed by atoms with van der Waals surface area (Å²) in [5.41, 5.74) is 3.67. The van der Waals surface area contributed by atoms with Crippen LogP contribution in [-0.4, -0.2) is 31.9 Å². The summed E-state index contributed by atoms with van der Waals surface area (Å²) in [5.74, 6) is 0.491. The van der Waals surface area contributed by atoms with Crippen LogP contribution in [0.2, 0.25) is 0 Å². The molecule has 29 heavy (non-hydrogen) atoms. The quantitative estimate of drug-likeness (QED) is 0.369. The van der Waals surface area contributed by atoms with Gasteiger partial charge in [-0.1, -0.05) is 30.3 Å². The first-order valence-corrected chi connectivity index (χ1v) is 9.56. The fourth-order valence-electron chi connectivity index (χ4n) is 3.38. The number of ether oxygens (including phenoxy) is 1. The molecule has 0 bridgehead atoms. The van der Waals surface area contributed by atoms with Crippen LogP contribution in [0.15, 0.2) is 67.0 Å². The van der Waals surface area contributed by atoms with Crippen molar-refractivity contribution < 1.29 is 9.53 Å². The Kier molecular flexibility index (Phi) is 5.24. The van der Waals surface area contributed by atoms with Crippen molar-refractivity contribution in [1.29, 1.82) is 0 Å². The number of hydrogen-bond acceptors (Lipinski definition) is 4. The Morgan fingerprint density at radius 1 is 1.14 bits per heavy atom. The van der Waals surface area contributed by atoms with Gasteiger partial charge in [0.15, 0.2) is 0 Å². The maximum atomic E-state index is 11.9. The number of benzene rings is 1. The van der Waals surface area contributed by atoms with E-state index in [0.717, 1.165) is 33.7 Å². The molecular formula is C23H22N4O2. The fourth-order valence-corrected chi connectivity index (χ4v) is 3.38. The molecule has 3 aromatic heterocycles. The average Bonchev–Trinajstić information content (AvgIpc) is 3.28. The number of rotatable bonds is 6. The molecule has 0 amide bonds. The van der Waals surface area contributed by atoms with E-state index in [4.69, 9.17) is 9.84 Å². The van der Waals surface area contributed by atoms with E-state index < -0.39 is 0 Å². The van der Waals surface area contributed by atoms with Crippen molar-refractivity contribution in [2.24, 2.45) is 0 Å². The second-order valence-electron chi connectivity index (χ2n) is 6.65. The van der Waals surface area contributed by atoms with Gasteiger partial charge in [-0.2, -0.15) is 5.10 Å². The molecule has 0 saturated heterocycles. The van der Waals surface area contributed by atoms with Crippen LogP contribution >= 0.6 is 0 Å². The van der Waals surface area contributed by atoms with Crippen LogP contribution < -0.4 is 0 Å². The van der Waals surface area contributed by atoms with Crippen LogP contribution in [0.1, 0.15) is 23.7 Å². The van der Waals surface area contributed by atoms with Gasteiger partial charge in [0.25, 0.3) is 0 Å². The van der Waals surface area contributed by atoms with E-state index in [0.29, 0.717) is 13.2 Å². The largest absolute Gasteiger partial charge is 0.463 e. The molecule has 0 aliphatic carbocycles. The summed E-state index contributed by atoms with van der Waals surface area (Å²) < 4.78 is 9.00. The van der Waals surface area contributed by atoms with Crippen LogP contribution in [0.5, 0.6) is 0 Å². The van der Waals surface area contributed by atoms with Crippen molar-refractivity contribution in [3.8, 4) is 5.82 Å². The Hall–Kier alpha value is -3.67. The number of aryl methyl sites for hydroxylation is 1. The maximum Gasteiger partial charge on any atom is 0.330 e. The molecule has 0 aliphatic rings. The molecule has 146 valence electrons. The van der Waals surface area contributed by atoms with E-state index in [9.17, 15) is 4.79 Å². The first-order valence-electron chi connectivity index (χ1n) is 9.56. The number of hydrogen-bond donors (Lipinski definition) is 0. The van der Waals surface area contributed by atoms with E-state index in [1.54, 1.807) is 19.2 Å². The smallest absolute Gasteiger partial charge is 0.330 e. The zero-order valence-corrected chi connectivity index (χ0v) is 16.4. The first kappa shape index (κ1) is 18.7.